The van der Waals surface area contributed by atoms with E-state index in [1.165, 1.54) is 0 Å². The van der Waals surface area contributed by atoms with E-state index in [0.717, 1.165) is 48.4 Å². The molecule has 0 bridgehead atoms. The van der Waals surface area contributed by atoms with Gasteiger partial charge in [0.25, 0.3) is 0 Å². The molecule has 0 fully saturated rings. The van der Waals surface area contributed by atoms with Crippen LogP contribution in [0.3, 0.4) is 0 Å². The molecule has 0 unspecified atom stereocenters. The van der Waals surface area contributed by atoms with Crippen molar-refractivity contribution in [1.82, 2.24) is 4.98 Å². The first kappa shape index (κ1) is 19.0. The highest BCUT2D eigenvalue weighted by molar-refractivity contribution is 9.10. The molecular weight excluding hydrogens is 454 g/mol. The highest BCUT2D eigenvalue weighted by atomic mass is 79.9. The molecule has 0 radical (unpaired) electrons. The molecule has 0 saturated heterocycles. The Labute approximate surface area is 187 Å². The van der Waals surface area contributed by atoms with E-state index < -0.39 is 0 Å². The maximum absolute atomic E-state index is 6.04. The van der Waals surface area contributed by atoms with E-state index in [0.29, 0.717) is 6.61 Å². The topological polar surface area (TPSA) is 22.1 Å². The average molecular weight is 472 g/mol. The van der Waals surface area contributed by atoms with Crippen molar-refractivity contribution in [3.8, 4) is 27.6 Å². The number of benzene rings is 4. The summed E-state index contributed by atoms with van der Waals surface area (Å²) in [6, 6.07) is 31.1. The van der Waals surface area contributed by atoms with Crippen LogP contribution >= 0.6 is 27.3 Å². The minimum absolute atomic E-state index is 0.546. The van der Waals surface area contributed by atoms with Gasteiger partial charge in [-0.05, 0) is 44.4 Å². The van der Waals surface area contributed by atoms with Crippen LogP contribution in [0.15, 0.2) is 101 Å². The lowest BCUT2D eigenvalue weighted by atomic mass is 10.1. The van der Waals surface area contributed by atoms with Gasteiger partial charge in [0.05, 0.1) is 10.2 Å². The van der Waals surface area contributed by atoms with Gasteiger partial charge < -0.3 is 4.74 Å². The molecule has 0 spiro atoms. The summed E-state index contributed by atoms with van der Waals surface area (Å²) < 4.78 is 7.02. The second kappa shape index (κ2) is 8.42. The van der Waals surface area contributed by atoms with Gasteiger partial charge in [-0.3, -0.25) is 0 Å². The Bertz CT molecular complexity index is 1300. The zero-order chi connectivity index (χ0) is 20.3. The second-order valence-corrected chi connectivity index (χ2v) is 8.64. The van der Waals surface area contributed by atoms with E-state index in [4.69, 9.17) is 9.72 Å². The minimum Gasteiger partial charge on any atom is -0.488 e. The second-order valence-electron chi connectivity index (χ2n) is 6.99. The van der Waals surface area contributed by atoms with Crippen LogP contribution in [0.1, 0.15) is 5.56 Å². The summed E-state index contributed by atoms with van der Waals surface area (Å²) in [5.74, 6) is 0.846. The van der Waals surface area contributed by atoms with E-state index in [-0.39, 0.29) is 0 Å². The predicted octanol–water partition coefficient (Wildman–Crippen LogP) is 7.97. The van der Waals surface area contributed by atoms with Crippen molar-refractivity contribution in [2.45, 2.75) is 6.61 Å². The molecule has 1 heterocycles. The zero-order valence-corrected chi connectivity index (χ0v) is 18.5. The Morgan fingerprint density at radius 2 is 1.57 bits per heavy atom. The maximum Gasteiger partial charge on any atom is 0.134 e. The lowest BCUT2D eigenvalue weighted by molar-refractivity contribution is 0.305. The quantitative estimate of drug-likeness (QED) is 0.259. The van der Waals surface area contributed by atoms with Gasteiger partial charge in [-0.25, -0.2) is 4.98 Å². The van der Waals surface area contributed by atoms with Crippen LogP contribution < -0.4 is 4.74 Å². The maximum atomic E-state index is 6.04. The van der Waals surface area contributed by atoms with Gasteiger partial charge >= 0.3 is 0 Å². The van der Waals surface area contributed by atoms with Crippen molar-refractivity contribution in [2.75, 3.05) is 0 Å². The fourth-order valence-electron chi connectivity index (χ4n) is 3.40. The van der Waals surface area contributed by atoms with E-state index >= 15 is 0 Å². The zero-order valence-electron chi connectivity index (χ0n) is 16.1. The molecule has 0 aliphatic rings. The van der Waals surface area contributed by atoms with Crippen molar-refractivity contribution < 1.29 is 4.74 Å². The molecule has 0 atom stereocenters. The monoisotopic (exact) mass is 471 g/mol. The van der Waals surface area contributed by atoms with Gasteiger partial charge in [0, 0.05) is 16.5 Å². The molecule has 1 aromatic heterocycles. The third-order valence-corrected chi connectivity index (χ3v) is 6.69. The van der Waals surface area contributed by atoms with Crippen LogP contribution in [-0.4, -0.2) is 4.98 Å². The van der Waals surface area contributed by atoms with Crippen LogP contribution in [-0.2, 0) is 6.61 Å². The molecule has 0 saturated carbocycles. The Morgan fingerprint density at radius 3 is 2.37 bits per heavy atom. The van der Waals surface area contributed by atoms with E-state index in [1.54, 1.807) is 11.3 Å². The number of ether oxygens (including phenoxy) is 1. The number of hydrogen-bond acceptors (Lipinski definition) is 3. The Morgan fingerprint density at radius 1 is 0.800 bits per heavy atom. The van der Waals surface area contributed by atoms with Gasteiger partial charge in [-0.2, -0.15) is 0 Å². The molecule has 0 aliphatic heterocycles. The van der Waals surface area contributed by atoms with Gasteiger partial charge in [-0.1, -0.05) is 78.9 Å². The highest BCUT2D eigenvalue weighted by Gasteiger charge is 2.10. The number of aromatic nitrogens is 1. The standard InChI is InChI=1S/C26H18BrNOS/c27-25-22-13-11-21(23-17-30-26(28-23)19-9-5-2-6-10-19)15-20(22)12-14-24(25)29-16-18-7-3-1-4-8-18/h1-15,17H,16H2. The molecule has 5 rings (SSSR count). The van der Waals surface area contributed by atoms with Crippen LogP contribution in [0.5, 0.6) is 5.75 Å². The molecule has 0 amide bonds. The highest BCUT2D eigenvalue weighted by Crippen LogP contribution is 2.36. The molecule has 30 heavy (non-hydrogen) atoms. The normalized spacial score (nSPS) is 11.0. The predicted molar refractivity (Wildman–Crippen MR) is 129 cm³/mol. The van der Waals surface area contributed by atoms with Crippen LogP contribution in [0, 0.1) is 0 Å². The van der Waals surface area contributed by atoms with Gasteiger partial charge in [0.1, 0.15) is 17.4 Å². The summed E-state index contributed by atoms with van der Waals surface area (Å²) in [5.41, 5.74) is 4.42. The fourth-order valence-corrected chi connectivity index (χ4v) is 4.84. The third kappa shape index (κ3) is 3.89. The molecule has 4 heteroatoms. The van der Waals surface area contributed by atoms with Crippen molar-refractivity contribution in [1.29, 1.82) is 0 Å². The van der Waals surface area contributed by atoms with Crippen molar-refractivity contribution >= 4 is 38.0 Å². The Kier molecular flexibility index (Phi) is 5.35. The average Bonchev–Trinajstić information content (AvgIpc) is 3.30. The Hall–Kier alpha value is -2.95. The number of nitrogens with zero attached hydrogens (tertiary/aromatic N) is 1. The molecule has 5 aromatic rings. The van der Waals surface area contributed by atoms with E-state index in [2.05, 4.69) is 69.8 Å². The first-order valence-corrected chi connectivity index (χ1v) is 11.4. The summed E-state index contributed by atoms with van der Waals surface area (Å²) in [4.78, 5) is 4.84. The van der Waals surface area contributed by atoms with Crippen LogP contribution in [0.2, 0.25) is 0 Å². The van der Waals surface area contributed by atoms with Crippen molar-refractivity contribution in [3.63, 3.8) is 0 Å². The Balaban J connectivity index is 1.42. The number of halogens is 1. The lowest BCUT2D eigenvalue weighted by Gasteiger charge is -2.11. The molecular formula is C26H18BrNOS. The summed E-state index contributed by atoms with van der Waals surface area (Å²) in [6.45, 7) is 0.546. The molecule has 0 aliphatic carbocycles. The summed E-state index contributed by atoms with van der Waals surface area (Å²) in [5, 5.41) is 5.44. The number of fused-ring (bicyclic) bond motifs is 1. The summed E-state index contributed by atoms with van der Waals surface area (Å²) >= 11 is 5.40. The van der Waals surface area contributed by atoms with E-state index in [1.807, 2.05) is 42.5 Å². The van der Waals surface area contributed by atoms with Crippen molar-refractivity contribution in [2.24, 2.45) is 0 Å². The van der Waals surface area contributed by atoms with Gasteiger partial charge in [0.15, 0.2) is 0 Å². The number of thiazole rings is 1. The van der Waals surface area contributed by atoms with Crippen molar-refractivity contribution in [3.05, 3.63) is 106 Å². The first-order valence-electron chi connectivity index (χ1n) is 9.68. The smallest absolute Gasteiger partial charge is 0.134 e. The summed E-state index contributed by atoms with van der Waals surface area (Å²) in [6.07, 6.45) is 0. The lowest BCUT2D eigenvalue weighted by Crippen LogP contribution is -1.96. The van der Waals surface area contributed by atoms with Crippen LogP contribution in [0.25, 0.3) is 32.6 Å². The molecule has 2 nitrogen and oxygen atoms in total. The largest absolute Gasteiger partial charge is 0.488 e. The van der Waals surface area contributed by atoms with Gasteiger partial charge in [-0.15, -0.1) is 11.3 Å². The SMILES string of the molecule is Brc1c(OCc2ccccc2)ccc2cc(-c3csc(-c4ccccc4)n3)ccc12. The van der Waals surface area contributed by atoms with E-state index in [9.17, 15) is 0 Å². The van der Waals surface area contributed by atoms with Gasteiger partial charge in [0.2, 0.25) is 0 Å². The summed E-state index contributed by atoms with van der Waals surface area (Å²) in [7, 11) is 0. The minimum atomic E-state index is 0.546. The number of rotatable bonds is 5. The fraction of sp³-hybridized carbons (Fsp3) is 0.0385. The molecule has 0 N–H and O–H groups in total. The molecule has 146 valence electrons. The third-order valence-electron chi connectivity index (χ3n) is 4.98. The first-order chi connectivity index (χ1) is 14.8. The molecule has 4 aromatic carbocycles. The van der Waals surface area contributed by atoms with Crippen LogP contribution in [0.4, 0.5) is 0 Å². The number of hydrogen-bond donors (Lipinski definition) is 0.